The smallest absolute Gasteiger partial charge is 0.276 e. The molecule has 0 bridgehead atoms. The first-order chi connectivity index (χ1) is 12.5. The highest BCUT2D eigenvalue weighted by atomic mass is 32.2. The van der Waals surface area contributed by atoms with E-state index >= 15 is 0 Å². The van der Waals surface area contributed by atoms with Gasteiger partial charge >= 0.3 is 0 Å². The van der Waals surface area contributed by atoms with Crippen molar-refractivity contribution in [2.24, 2.45) is 0 Å². The molecule has 1 aliphatic heterocycles. The van der Waals surface area contributed by atoms with Gasteiger partial charge in [0.2, 0.25) is 0 Å². The fourth-order valence-corrected chi connectivity index (χ4v) is 3.83. The predicted octanol–water partition coefficient (Wildman–Crippen LogP) is 1.51. The van der Waals surface area contributed by atoms with Gasteiger partial charge in [-0.25, -0.2) is 4.68 Å². The minimum atomic E-state index is -0.112. The minimum Gasteiger partial charge on any atom is -0.350 e. The molecule has 0 unspecified atom stereocenters. The van der Waals surface area contributed by atoms with Gasteiger partial charge in [-0.15, -0.1) is 5.10 Å². The molecule has 0 radical (unpaired) electrons. The molecular weight excluding hydrogens is 350 g/mol. The van der Waals surface area contributed by atoms with Crippen LogP contribution in [-0.2, 0) is 6.54 Å². The normalized spacial score (nSPS) is 14.3. The van der Waals surface area contributed by atoms with Gasteiger partial charge in [-0.2, -0.15) is 11.8 Å². The van der Waals surface area contributed by atoms with Crippen LogP contribution in [0.5, 0.6) is 0 Å². The van der Waals surface area contributed by atoms with Crippen molar-refractivity contribution in [1.29, 1.82) is 0 Å². The average molecular weight is 373 g/mol. The molecule has 3 rings (SSSR count). The van der Waals surface area contributed by atoms with Crippen molar-refractivity contribution >= 4 is 23.6 Å². The molecular formula is C18H23N5O2S. The van der Waals surface area contributed by atoms with E-state index in [9.17, 15) is 9.59 Å². The Hall–Kier alpha value is -2.35. The van der Waals surface area contributed by atoms with E-state index in [0.29, 0.717) is 24.3 Å². The third-order valence-corrected chi connectivity index (χ3v) is 5.11. The number of carbonyl (C=O) groups excluding carboxylic acids is 2. The molecule has 0 spiro atoms. The number of hydrogen-bond donors (Lipinski definition) is 1. The van der Waals surface area contributed by atoms with E-state index < -0.39 is 0 Å². The number of aromatic nitrogens is 3. The lowest BCUT2D eigenvalue weighted by Crippen LogP contribution is -2.38. The second-order valence-corrected chi connectivity index (χ2v) is 7.63. The minimum absolute atomic E-state index is 0.0733. The molecule has 0 atom stereocenters. The van der Waals surface area contributed by atoms with Gasteiger partial charge in [-0.05, 0) is 26.0 Å². The Morgan fingerprint density at radius 1 is 1.15 bits per heavy atom. The SMILES string of the molecule is Cc1cc(C)cc(C(=O)NCCn2cc(C(=O)N3CCSCC3)nn2)c1. The van der Waals surface area contributed by atoms with Gasteiger partial charge in [-0.3, -0.25) is 9.59 Å². The lowest BCUT2D eigenvalue weighted by atomic mass is 10.1. The molecule has 26 heavy (non-hydrogen) atoms. The summed E-state index contributed by atoms with van der Waals surface area (Å²) in [6, 6.07) is 5.77. The number of carbonyl (C=O) groups is 2. The average Bonchev–Trinajstić information content (AvgIpc) is 3.10. The Morgan fingerprint density at radius 2 is 1.85 bits per heavy atom. The molecule has 0 aliphatic carbocycles. The summed E-state index contributed by atoms with van der Waals surface area (Å²) in [5.41, 5.74) is 3.13. The second-order valence-electron chi connectivity index (χ2n) is 6.40. The first kappa shape index (κ1) is 18.4. The third-order valence-electron chi connectivity index (χ3n) is 4.17. The van der Waals surface area contributed by atoms with Gasteiger partial charge in [-0.1, -0.05) is 22.4 Å². The highest BCUT2D eigenvalue weighted by Crippen LogP contribution is 2.12. The topological polar surface area (TPSA) is 80.1 Å². The van der Waals surface area contributed by atoms with Crippen LogP contribution in [0.3, 0.4) is 0 Å². The van der Waals surface area contributed by atoms with E-state index in [1.165, 1.54) is 0 Å². The third kappa shape index (κ3) is 4.63. The van der Waals surface area contributed by atoms with E-state index in [1.807, 2.05) is 48.7 Å². The molecule has 1 fully saturated rings. The van der Waals surface area contributed by atoms with E-state index in [0.717, 1.165) is 35.7 Å². The van der Waals surface area contributed by atoms with Crippen LogP contribution < -0.4 is 5.32 Å². The number of nitrogens with one attached hydrogen (secondary N) is 1. The molecule has 1 N–H and O–H groups in total. The van der Waals surface area contributed by atoms with Crippen molar-refractivity contribution in [3.05, 3.63) is 46.8 Å². The van der Waals surface area contributed by atoms with Crippen LogP contribution in [0.4, 0.5) is 0 Å². The molecule has 2 aromatic rings. The van der Waals surface area contributed by atoms with Crippen molar-refractivity contribution in [1.82, 2.24) is 25.2 Å². The zero-order valence-electron chi connectivity index (χ0n) is 15.1. The Bertz CT molecular complexity index is 778. The fourth-order valence-electron chi connectivity index (χ4n) is 2.93. The van der Waals surface area contributed by atoms with Crippen LogP contribution in [0, 0.1) is 13.8 Å². The van der Waals surface area contributed by atoms with Crippen molar-refractivity contribution in [2.45, 2.75) is 20.4 Å². The largest absolute Gasteiger partial charge is 0.350 e. The summed E-state index contributed by atoms with van der Waals surface area (Å²) in [7, 11) is 0. The van der Waals surface area contributed by atoms with Gasteiger partial charge < -0.3 is 10.2 Å². The van der Waals surface area contributed by atoms with Gasteiger partial charge in [0.25, 0.3) is 11.8 Å². The van der Waals surface area contributed by atoms with Gasteiger partial charge in [0.1, 0.15) is 0 Å². The number of benzene rings is 1. The van der Waals surface area contributed by atoms with Crippen LogP contribution in [0.2, 0.25) is 0 Å². The monoisotopic (exact) mass is 373 g/mol. The highest BCUT2D eigenvalue weighted by molar-refractivity contribution is 7.99. The molecule has 2 heterocycles. The quantitative estimate of drug-likeness (QED) is 0.859. The Morgan fingerprint density at radius 3 is 2.54 bits per heavy atom. The van der Waals surface area contributed by atoms with Crippen molar-refractivity contribution in [3.63, 3.8) is 0 Å². The number of amides is 2. The predicted molar refractivity (Wildman–Crippen MR) is 101 cm³/mol. The van der Waals surface area contributed by atoms with Crippen molar-refractivity contribution in [3.8, 4) is 0 Å². The lowest BCUT2D eigenvalue weighted by molar-refractivity contribution is 0.0766. The summed E-state index contributed by atoms with van der Waals surface area (Å²) in [6.07, 6.45) is 1.65. The first-order valence-corrected chi connectivity index (χ1v) is 9.82. The summed E-state index contributed by atoms with van der Waals surface area (Å²) < 4.78 is 1.59. The fraction of sp³-hybridized carbons (Fsp3) is 0.444. The van der Waals surface area contributed by atoms with Crippen molar-refractivity contribution < 1.29 is 9.59 Å². The Labute approximate surface area is 157 Å². The Balaban J connectivity index is 1.51. The number of nitrogens with zero attached hydrogens (tertiary/aromatic N) is 4. The molecule has 1 aromatic carbocycles. The van der Waals surface area contributed by atoms with Crippen LogP contribution in [0.25, 0.3) is 0 Å². The van der Waals surface area contributed by atoms with Gasteiger partial charge in [0, 0.05) is 36.7 Å². The summed E-state index contributed by atoms with van der Waals surface area (Å²) in [4.78, 5) is 26.4. The summed E-state index contributed by atoms with van der Waals surface area (Å²) in [5.74, 6) is 1.74. The molecule has 8 heteroatoms. The maximum atomic E-state index is 12.4. The molecule has 138 valence electrons. The molecule has 1 aliphatic rings. The van der Waals surface area contributed by atoms with E-state index in [1.54, 1.807) is 10.9 Å². The maximum Gasteiger partial charge on any atom is 0.276 e. The summed E-state index contributed by atoms with van der Waals surface area (Å²) in [5, 5.41) is 10.8. The molecule has 2 amide bonds. The van der Waals surface area contributed by atoms with Gasteiger partial charge in [0.05, 0.1) is 12.7 Å². The molecule has 7 nitrogen and oxygen atoms in total. The maximum absolute atomic E-state index is 12.4. The zero-order valence-corrected chi connectivity index (χ0v) is 15.9. The van der Waals surface area contributed by atoms with E-state index in [2.05, 4.69) is 15.6 Å². The standard InChI is InChI=1S/C18H23N5O2S/c1-13-9-14(2)11-15(10-13)17(24)19-3-4-23-12-16(20-21-23)18(25)22-5-7-26-8-6-22/h9-12H,3-8H2,1-2H3,(H,19,24). The molecule has 0 saturated carbocycles. The van der Waals surface area contributed by atoms with Crippen LogP contribution in [-0.4, -0.2) is 62.8 Å². The zero-order chi connectivity index (χ0) is 18.5. The first-order valence-electron chi connectivity index (χ1n) is 8.66. The summed E-state index contributed by atoms with van der Waals surface area (Å²) >= 11 is 1.85. The van der Waals surface area contributed by atoms with E-state index in [-0.39, 0.29) is 11.8 Å². The van der Waals surface area contributed by atoms with Crippen LogP contribution in [0.1, 0.15) is 32.0 Å². The number of aryl methyl sites for hydroxylation is 2. The second kappa shape index (κ2) is 8.35. The lowest BCUT2D eigenvalue weighted by Gasteiger charge is -2.25. The Kier molecular flexibility index (Phi) is 5.92. The van der Waals surface area contributed by atoms with Crippen LogP contribution in [0.15, 0.2) is 24.4 Å². The van der Waals surface area contributed by atoms with Gasteiger partial charge in [0.15, 0.2) is 5.69 Å². The summed E-state index contributed by atoms with van der Waals surface area (Å²) in [6.45, 7) is 6.33. The van der Waals surface area contributed by atoms with Crippen LogP contribution >= 0.6 is 11.8 Å². The van der Waals surface area contributed by atoms with E-state index in [4.69, 9.17) is 0 Å². The highest BCUT2D eigenvalue weighted by Gasteiger charge is 2.21. The molecule has 1 saturated heterocycles. The molecule has 1 aromatic heterocycles. The number of rotatable bonds is 5. The number of thioether (sulfide) groups is 1. The van der Waals surface area contributed by atoms with Crippen molar-refractivity contribution in [2.75, 3.05) is 31.1 Å². The number of hydrogen-bond acceptors (Lipinski definition) is 5.